The average Bonchev–Trinajstić information content (AvgIpc) is 2.83. The predicted molar refractivity (Wildman–Crippen MR) is 134 cm³/mol. The molecule has 0 atom stereocenters. The van der Waals surface area contributed by atoms with E-state index in [-0.39, 0.29) is 17.6 Å². The van der Waals surface area contributed by atoms with Gasteiger partial charge in [-0.1, -0.05) is 71.2 Å². The van der Waals surface area contributed by atoms with Gasteiger partial charge in [-0.05, 0) is 61.8 Å². The number of anilines is 1. The first kappa shape index (κ1) is 23.8. The first-order chi connectivity index (χ1) is 15.9. The number of nitrogens with one attached hydrogen (secondary N) is 1. The maximum Gasteiger partial charge on any atom is 0.227 e. The van der Waals surface area contributed by atoms with E-state index in [0.717, 1.165) is 38.0 Å². The van der Waals surface area contributed by atoms with Crippen LogP contribution in [0.4, 0.5) is 5.69 Å². The third-order valence-electron chi connectivity index (χ3n) is 5.87. The van der Waals surface area contributed by atoms with E-state index in [1.165, 1.54) is 0 Å². The molecule has 1 amide bonds. The molecule has 1 fully saturated rings. The van der Waals surface area contributed by atoms with Gasteiger partial charge in [0.25, 0.3) is 0 Å². The summed E-state index contributed by atoms with van der Waals surface area (Å²) in [7, 11) is 0. The molecule has 0 unspecified atom stereocenters. The number of hydrogen-bond donors (Lipinski definition) is 1. The van der Waals surface area contributed by atoms with Crippen LogP contribution in [0.3, 0.4) is 0 Å². The maximum atomic E-state index is 13.0. The molecule has 7 heteroatoms. The highest BCUT2D eigenvalue weighted by Gasteiger charge is 2.26. The van der Waals surface area contributed by atoms with Crippen LogP contribution >= 0.6 is 34.8 Å². The monoisotopic (exact) mass is 500 g/mol. The van der Waals surface area contributed by atoms with Crippen LogP contribution in [0.1, 0.15) is 34.3 Å². The molecule has 33 heavy (non-hydrogen) atoms. The summed E-state index contributed by atoms with van der Waals surface area (Å²) in [5, 5.41) is 4.51. The molecular weight excluding hydrogens is 479 g/mol. The molecule has 3 aromatic carbocycles. The van der Waals surface area contributed by atoms with Crippen LogP contribution in [0, 0.1) is 5.92 Å². The molecule has 1 N–H and O–H groups in total. The molecule has 1 saturated heterocycles. The van der Waals surface area contributed by atoms with Crippen molar-refractivity contribution >= 4 is 52.2 Å². The van der Waals surface area contributed by atoms with E-state index >= 15 is 0 Å². The van der Waals surface area contributed by atoms with Crippen LogP contribution < -0.4 is 5.32 Å². The fourth-order valence-corrected chi connectivity index (χ4v) is 4.54. The standard InChI is InChI=1S/C26H23Cl3N2O2/c27-20-7-9-24(21(15-20)25(32)18-4-2-1-3-5-18)30-26(33)19-10-12-31(13-11-19)16-17-6-8-22(28)23(29)14-17/h1-9,14-15,19H,10-13,16H2,(H,30,33). The summed E-state index contributed by atoms with van der Waals surface area (Å²) in [6.07, 6.45) is 1.48. The van der Waals surface area contributed by atoms with Crippen LogP contribution in [0.2, 0.25) is 15.1 Å². The minimum absolute atomic E-state index is 0.0754. The van der Waals surface area contributed by atoms with Crippen molar-refractivity contribution < 1.29 is 9.59 Å². The van der Waals surface area contributed by atoms with Crippen LogP contribution in [0.5, 0.6) is 0 Å². The van der Waals surface area contributed by atoms with Gasteiger partial charge in [0, 0.05) is 28.6 Å². The Morgan fingerprint density at radius 3 is 2.30 bits per heavy atom. The number of rotatable bonds is 6. The molecule has 3 aromatic rings. The minimum Gasteiger partial charge on any atom is -0.325 e. The molecular formula is C26H23Cl3N2O2. The van der Waals surface area contributed by atoms with E-state index in [1.807, 2.05) is 30.3 Å². The van der Waals surface area contributed by atoms with E-state index in [2.05, 4.69) is 10.2 Å². The zero-order chi connectivity index (χ0) is 23.4. The molecule has 0 aromatic heterocycles. The van der Waals surface area contributed by atoms with Gasteiger partial charge in [-0.25, -0.2) is 0 Å². The number of halogens is 3. The van der Waals surface area contributed by atoms with Crippen molar-refractivity contribution in [3.63, 3.8) is 0 Å². The molecule has 0 aliphatic carbocycles. The molecule has 0 radical (unpaired) electrons. The van der Waals surface area contributed by atoms with Gasteiger partial charge >= 0.3 is 0 Å². The molecule has 1 heterocycles. The van der Waals surface area contributed by atoms with Crippen molar-refractivity contribution in [2.75, 3.05) is 18.4 Å². The number of amides is 1. The van der Waals surface area contributed by atoms with Crippen molar-refractivity contribution in [1.82, 2.24) is 4.90 Å². The largest absolute Gasteiger partial charge is 0.325 e. The number of carbonyl (C=O) groups excluding carboxylic acids is 2. The summed E-state index contributed by atoms with van der Waals surface area (Å²) in [6, 6.07) is 19.6. The molecule has 0 bridgehead atoms. The Morgan fingerprint density at radius 2 is 1.61 bits per heavy atom. The smallest absolute Gasteiger partial charge is 0.227 e. The van der Waals surface area contributed by atoms with E-state index in [9.17, 15) is 9.59 Å². The Labute approximate surface area is 208 Å². The second-order valence-electron chi connectivity index (χ2n) is 8.17. The molecule has 1 aliphatic heterocycles. The predicted octanol–water partition coefficient (Wildman–Crippen LogP) is 6.73. The Morgan fingerprint density at radius 1 is 0.879 bits per heavy atom. The van der Waals surface area contributed by atoms with Gasteiger partial charge in [-0.3, -0.25) is 14.5 Å². The molecule has 0 saturated carbocycles. The summed E-state index contributed by atoms with van der Waals surface area (Å²) < 4.78 is 0. The molecule has 1 aliphatic rings. The van der Waals surface area contributed by atoms with Gasteiger partial charge < -0.3 is 5.32 Å². The quantitative estimate of drug-likeness (QED) is 0.381. The maximum absolute atomic E-state index is 13.0. The van der Waals surface area contributed by atoms with Crippen LogP contribution in [-0.2, 0) is 11.3 Å². The van der Waals surface area contributed by atoms with E-state index in [1.54, 1.807) is 36.4 Å². The lowest BCUT2D eigenvalue weighted by Crippen LogP contribution is -2.37. The normalized spacial score (nSPS) is 14.8. The van der Waals surface area contributed by atoms with Crippen LogP contribution in [0.15, 0.2) is 66.7 Å². The van der Waals surface area contributed by atoms with E-state index in [4.69, 9.17) is 34.8 Å². The van der Waals surface area contributed by atoms with Crippen molar-refractivity contribution in [3.8, 4) is 0 Å². The van der Waals surface area contributed by atoms with Gasteiger partial charge in [0.15, 0.2) is 5.78 Å². The fourth-order valence-electron chi connectivity index (χ4n) is 4.04. The Hall–Kier alpha value is -2.37. The van der Waals surface area contributed by atoms with Crippen molar-refractivity contribution in [2.24, 2.45) is 5.92 Å². The van der Waals surface area contributed by atoms with Gasteiger partial charge in [-0.2, -0.15) is 0 Å². The minimum atomic E-state index is -0.176. The summed E-state index contributed by atoms with van der Waals surface area (Å²) in [6.45, 7) is 2.36. The number of benzene rings is 3. The summed E-state index contributed by atoms with van der Waals surface area (Å²) >= 11 is 18.3. The van der Waals surface area contributed by atoms with E-state index in [0.29, 0.717) is 31.9 Å². The third-order valence-corrected chi connectivity index (χ3v) is 6.84. The van der Waals surface area contributed by atoms with Crippen LogP contribution in [-0.4, -0.2) is 29.7 Å². The zero-order valence-electron chi connectivity index (χ0n) is 17.9. The lowest BCUT2D eigenvalue weighted by molar-refractivity contribution is -0.121. The number of carbonyl (C=O) groups is 2. The van der Waals surface area contributed by atoms with Gasteiger partial charge in [0.1, 0.15) is 0 Å². The van der Waals surface area contributed by atoms with Crippen molar-refractivity contribution in [1.29, 1.82) is 0 Å². The summed E-state index contributed by atoms with van der Waals surface area (Å²) in [4.78, 5) is 28.3. The van der Waals surface area contributed by atoms with Crippen molar-refractivity contribution in [2.45, 2.75) is 19.4 Å². The van der Waals surface area contributed by atoms with Gasteiger partial charge in [0.2, 0.25) is 5.91 Å². The Bertz CT molecular complexity index is 1160. The highest BCUT2D eigenvalue weighted by atomic mass is 35.5. The number of likely N-dealkylation sites (tertiary alicyclic amines) is 1. The first-order valence-corrected chi connectivity index (χ1v) is 11.9. The van der Waals surface area contributed by atoms with Gasteiger partial charge in [0.05, 0.1) is 15.7 Å². The molecule has 170 valence electrons. The fraction of sp³-hybridized carbons (Fsp3) is 0.231. The molecule has 4 rings (SSSR count). The molecule has 0 spiro atoms. The summed E-state index contributed by atoms with van der Waals surface area (Å²) in [5.41, 5.74) is 2.51. The molecule has 4 nitrogen and oxygen atoms in total. The highest BCUT2D eigenvalue weighted by molar-refractivity contribution is 6.42. The topological polar surface area (TPSA) is 49.4 Å². The highest BCUT2D eigenvalue weighted by Crippen LogP contribution is 2.27. The lowest BCUT2D eigenvalue weighted by Gasteiger charge is -2.31. The first-order valence-electron chi connectivity index (χ1n) is 10.8. The number of nitrogens with zero attached hydrogens (tertiary/aromatic N) is 1. The van der Waals surface area contributed by atoms with Crippen molar-refractivity contribution in [3.05, 3.63) is 98.5 Å². The second-order valence-corrected chi connectivity index (χ2v) is 9.42. The van der Waals surface area contributed by atoms with Crippen LogP contribution in [0.25, 0.3) is 0 Å². The van der Waals surface area contributed by atoms with E-state index < -0.39 is 0 Å². The SMILES string of the molecule is O=C(c1ccccc1)c1cc(Cl)ccc1NC(=O)C1CCN(Cc2ccc(Cl)c(Cl)c2)CC1. The zero-order valence-corrected chi connectivity index (χ0v) is 20.1. The van der Waals surface area contributed by atoms with Gasteiger partial charge in [-0.15, -0.1) is 0 Å². The Kier molecular flexibility index (Phi) is 7.71. The number of ketones is 1. The number of hydrogen-bond acceptors (Lipinski definition) is 3. The summed E-state index contributed by atoms with van der Waals surface area (Å²) in [5.74, 6) is -0.371. The lowest BCUT2D eigenvalue weighted by atomic mass is 9.95. The number of piperidine rings is 1. The average molecular weight is 502 g/mol. The Balaban J connectivity index is 1.39. The third kappa shape index (κ3) is 5.96. The second kappa shape index (κ2) is 10.7.